The molecule has 2 aliphatic carbocycles. The monoisotopic (exact) mass is 451 g/mol. The highest BCUT2D eigenvalue weighted by Crippen LogP contribution is 2.36. The fourth-order valence-electron chi connectivity index (χ4n) is 4.15. The second kappa shape index (κ2) is 10.1. The van der Waals surface area contributed by atoms with Gasteiger partial charge >= 0.3 is 0 Å². The zero-order valence-corrected chi connectivity index (χ0v) is 19.5. The average molecular weight is 452 g/mol. The highest BCUT2D eigenvalue weighted by Gasteiger charge is 2.48. The number of benzene rings is 2. The van der Waals surface area contributed by atoms with Crippen LogP contribution in [0.15, 0.2) is 59.9 Å². The lowest BCUT2D eigenvalue weighted by molar-refractivity contribution is -0.132. The maximum Gasteiger partial charge on any atom is 0.257 e. The number of carbonyl (C=O) groups is 2. The van der Waals surface area contributed by atoms with Crippen molar-refractivity contribution in [3.05, 3.63) is 71.1 Å². The van der Waals surface area contributed by atoms with E-state index in [0.717, 1.165) is 5.92 Å². The molecule has 0 radical (unpaired) electrons. The Balaban J connectivity index is 0.000000215. The van der Waals surface area contributed by atoms with Crippen molar-refractivity contribution in [2.45, 2.75) is 50.5 Å². The molecule has 0 aliphatic heterocycles. The number of nitrogens with one attached hydrogen (secondary N) is 1. The summed E-state index contributed by atoms with van der Waals surface area (Å²) in [6, 6.07) is 15.5. The SMILES string of the molecule is CN(C)C(=O)c1cccc(NC2=C(N)C(C)(O)C2=O)c1O.c1ccc(C2CCCCC2)cc1. The van der Waals surface area contributed by atoms with Crippen LogP contribution in [-0.4, -0.2) is 46.5 Å². The van der Waals surface area contributed by atoms with E-state index in [4.69, 9.17) is 5.73 Å². The molecule has 5 N–H and O–H groups in total. The van der Waals surface area contributed by atoms with Gasteiger partial charge in [-0.05, 0) is 43.4 Å². The number of aliphatic hydroxyl groups is 1. The van der Waals surface area contributed by atoms with Crippen LogP contribution in [0.25, 0.3) is 0 Å². The largest absolute Gasteiger partial charge is 0.505 e. The third-order valence-corrected chi connectivity index (χ3v) is 6.27. The Labute approximate surface area is 194 Å². The summed E-state index contributed by atoms with van der Waals surface area (Å²) in [5, 5.41) is 22.5. The van der Waals surface area contributed by atoms with E-state index in [1.165, 1.54) is 56.1 Å². The minimum Gasteiger partial charge on any atom is -0.505 e. The zero-order chi connectivity index (χ0) is 24.2. The maximum absolute atomic E-state index is 11.9. The van der Waals surface area contributed by atoms with Gasteiger partial charge < -0.3 is 26.2 Å². The number of rotatable bonds is 4. The molecule has 0 spiro atoms. The number of aromatic hydroxyl groups is 1. The number of anilines is 1. The zero-order valence-electron chi connectivity index (χ0n) is 19.5. The average Bonchev–Trinajstić information content (AvgIpc) is 2.84. The summed E-state index contributed by atoms with van der Waals surface area (Å²) < 4.78 is 0. The molecule has 0 heterocycles. The third-order valence-electron chi connectivity index (χ3n) is 6.27. The topological polar surface area (TPSA) is 116 Å². The normalized spacial score (nSPS) is 20.4. The number of ketones is 1. The minimum absolute atomic E-state index is 0.00348. The molecule has 1 fully saturated rings. The van der Waals surface area contributed by atoms with Crippen molar-refractivity contribution in [2.24, 2.45) is 5.73 Å². The van der Waals surface area contributed by atoms with E-state index in [0.29, 0.717) is 0 Å². The molecule has 1 atom stereocenters. The summed E-state index contributed by atoms with van der Waals surface area (Å²) in [4.78, 5) is 25.0. The van der Waals surface area contributed by atoms with Crippen LogP contribution in [0.5, 0.6) is 5.75 Å². The number of Topliss-reactive ketones (excluding diaryl/α,β-unsaturated/α-hetero) is 1. The molecule has 33 heavy (non-hydrogen) atoms. The smallest absolute Gasteiger partial charge is 0.257 e. The van der Waals surface area contributed by atoms with Gasteiger partial charge in [0.25, 0.3) is 5.91 Å². The highest BCUT2D eigenvalue weighted by molar-refractivity contribution is 6.14. The Kier molecular flexibility index (Phi) is 7.43. The fraction of sp³-hybridized carbons (Fsp3) is 0.385. The number of hydrogen-bond donors (Lipinski definition) is 4. The molecule has 2 aromatic carbocycles. The van der Waals surface area contributed by atoms with Gasteiger partial charge in [-0.25, -0.2) is 0 Å². The molecule has 7 nitrogen and oxygen atoms in total. The van der Waals surface area contributed by atoms with Crippen molar-refractivity contribution in [2.75, 3.05) is 19.4 Å². The lowest BCUT2D eigenvalue weighted by Crippen LogP contribution is -2.53. The second-order valence-electron chi connectivity index (χ2n) is 8.96. The Morgan fingerprint density at radius 3 is 2.27 bits per heavy atom. The van der Waals surface area contributed by atoms with Crippen LogP contribution in [0.2, 0.25) is 0 Å². The Hall–Kier alpha value is -3.32. The number of amides is 1. The number of carbonyl (C=O) groups excluding carboxylic acids is 2. The van der Waals surface area contributed by atoms with Crippen LogP contribution in [-0.2, 0) is 4.79 Å². The van der Waals surface area contributed by atoms with Gasteiger partial charge in [-0.1, -0.05) is 55.7 Å². The van der Waals surface area contributed by atoms with Gasteiger partial charge in [-0.2, -0.15) is 0 Å². The van der Waals surface area contributed by atoms with Crippen molar-refractivity contribution >= 4 is 17.4 Å². The predicted octanol–water partition coefficient (Wildman–Crippen LogP) is 3.74. The van der Waals surface area contributed by atoms with Crippen molar-refractivity contribution in [1.29, 1.82) is 0 Å². The first-order valence-electron chi connectivity index (χ1n) is 11.3. The maximum atomic E-state index is 11.9. The Morgan fingerprint density at radius 1 is 1.06 bits per heavy atom. The first-order valence-corrected chi connectivity index (χ1v) is 11.3. The summed E-state index contributed by atoms with van der Waals surface area (Å²) >= 11 is 0. The van der Waals surface area contributed by atoms with E-state index >= 15 is 0 Å². The fourth-order valence-corrected chi connectivity index (χ4v) is 4.15. The molecular weight excluding hydrogens is 418 g/mol. The number of nitrogens with two attached hydrogens (primary N) is 1. The van der Waals surface area contributed by atoms with Gasteiger partial charge in [0.05, 0.1) is 16.9 Å². The van der Waals surface area contributed by atoms with Crippen LogP contribution >= 0.6 is 0 Å². The predicted molar refractivity (Wildman–Crippen MR) is 129 cm³/mol. The first-order chi connectivity index (χ1) is 15.6. The van der Waals surface area contributed by atoms with Gasteiger partial charge in [0.2, 0.25) is 5.78 Å². The first kappa shape index (κ1) is 24.3. The number of phenols is 1. The summed E-state index contributed by atoms with van der Waals surface area (Å²) in [6.45, 7) is 1.29. The van der Waals surface area contributed by atoms with Gasteiger partial charge in [-0.15, -0.1) is 0 Å². The van der Waals surface area contributed by atoms with Gasteiger partial charge in [0.1, 0.15) is 5.70 Å². The Morgan fingerprint density at radius 2 is 1.70 bits per heavy atom. The quantitative estimate of drug-likeness (QED) is 0.526. The van der Waals surface area contributed by atoms with Crippen molar-refractivity contribution in [3.8, 4) is 5.75 Å². The summed E-state index contributed by atoms with van der Waals surface area (Å²) in [7, 11) is 3.13. The highest BCUT2D eigenvalue weighted by atomic mass is 16.3. The molecule has 2 aromatic rings. The number of hydrogen-bond acceptors (Lipinski definition) is 6. The van der Waals surface area contributed by atoms with Crippen LogP contribution in [0, 0.1) is 0 Å². The number of para-hydroxylation sites is 1. The lowest BCUT2D eigenvalue weighted by Gasteiger charge is -2.34. The molecule has 0 bridgehead atoms. The van der Waals surface area contributed by atoms with Gasteiger partial charge in [-0.3, -0.25) is 9.59 Å². The Bertz CT molecular complexity index is 1040. The van der Waals surface area contributed by atoms with Crippen LogP contribution in [0.4, 0.5) is 5.69 Å². The molecule has 1 amide bonds. The van der Waals surface area contributed by atoms with E-state index in [-0.39, 0.29) is 34.3 Å². The molecule has 4 rings (SSSR count). The van der Waals surface area contributed by atoms with E-state index in [1.54, 1.807) is 25.7 Å². The van der Waals surface area contributed by atoms with Crippen molar-refractivity contribution in [1.82, 2.24) is 4.90 Å². The molecular formula is C26H33N3O4. The molecule has 0 saturated heterocycles. The molecule has 1 saturated carbocycles. The molecule has 7 heteroatoms. The van der Waals surface area contributed by atoms with Crippen LogP contribution < -0.4 is 11.1 Å². The summed E-state index contributed by atoms with van der Waals surface area (Å²) in [6.07, 6.45) is 7.12. The standard InChI is InChI=1S/C14H17N3O4.C12H16/c1-14(21)11(15)9(12(14)19)16-8-6-4-5-7(10(8)18)13(20)17(2)3;1-3-7-11(8-4-1)12-9-5-2-6-10-12/h4-6,16,18,21H,15H2,1-3H3;1,3-4,7-8,12H,2,5-6,9-10H2. The van der Waals surface area contributed by atoms with Gasteiger partial charge in [0, 0.05) is 14.1 Å². The van der Waals surface area contributed by atoms with Gasteiger partial charge in [0.15, 0.2) is 11.4 Å². The molecule has 2 aliphatic rings. The summed E-state index contributed by atoms with van der Waals surface area (Å²) in [5.41, 5.74) is 5.78. The van der Waals surface area contributed by atoms with Crippen molar-refractivity contribution in [3.63, 3.8) is 0 Å². The molecule has 176 valence electrons. The van der Waals surface area contributed by atoms with Crippen LogP contribution in [0.3, 0.4) is 0 Å². The molecule has 1 unspecified atom stereocenters. The van der Waals surface area contributed by atoms with Crippen LogP contribution in [0.1, 0.15) is 60.9 Å². The van der Waals surface area contributed by atoms with Crippen molar-refractivity contribution < 1.29 is 19.8 Å². The van der Waals surface area contributed by atoms with E-state index in [1.807, 2.05) is 0 Å². The van der Waals surface area contributed by atoms with E-state index < -0.39 is 11.4 Å². The number of phenolic OH excluding ortho intramolecular Hbond substituents is 1. The molecule has 0 aromatic heterocycles. The lowest BCUT2D eigenvalue weighted by atomic mass is 9.82. The minimum atomic E-state index is -1.69. The number of nitrogens with zero attached hydrogens (tertiary/aromatic N) is 1. The van der Waals surface area contributed by atoms with E-state index in [2.05, 4.69) is 35.6 Å². The second-order valence-corrected chi connectivity index (χ2v) is 8.96. The summed E-state index contributed by atoms with van der Waals surface area (Å²) in [5.74, 6) is -0.357. The van der Waals surface area contributed by atoms with E-state index in [9.17, 15) is 19.8 Å². The third kappa shape index (κ3) is 5.20.